The number of hydrogen-bond donors (Lipinski definition) is 2. The Hall–Kier alpha value is -1.26. The van der Waals surface area contributed by atoms with Crippen molar-refractivity contribution in [2.24, 2.45) is 11.8 Å². The summed E-state index contributed by atoms with van der Waals surface area (Å²) in [5.74, 6) is 0.0523. The summed E-state index contributed by atoms with van der Waals surface area (Å²) in [6.45, 7) is 11.7. The van der Waals surface area contributed by atoms with Gasteiger partial charge in [0.25, 0.3) is 0 Å². The lowest BCUT2D eigenvalue weighted by Gasteiger charge is -2.29. The first-order chi connectivity index (χ1) is 9.77. The summed E-state index contributed by atoms with van der Waals surface area (Å²) < 4.78 is 0. The van der Waals surface area contributed by atoms with Crippen molar-refractivity contribution in [3.05, 3.63) is 0 Å². The second kappa shape index (κ2) is 10.5. The van der Waals surface area contributed by atoms with Crippen molar-refractivity contribution in [1.29, 1.82) is 0 Å². The molecule has 1 unspecified atom stereocenters. The van der Waals surface area contributed by atoms with Crippen LogP contribution in [0.15, 0.2) is 0 Å². The molecule has 0 saturated carbocycles. The van der Waals surface area contributed by atoms with Gasteiger partial charge in [-0.2, -0.15) is 0 Å². The molecule has 5 nitrogen and oxygen atoms in total. The Morgan fingerprint density at radius 1 is 1.14 bits per heavy atom. The Labute approximate surface area is 129 Å². The van der Waals surface area contributed by atoms with E-state index in [-0.39, 0.29) is 18.5 Å². The van der Waals surface area contributed by atoms with Gasteiger partial charge in [0.05, 0.1) is 0 Å². The van der Waals surface area contributed by atoms with Gasteiger partial charge in [-0.1, -0.05) is 27.2 Å². The molecule has 0 spiro atoms. The SMILES string of the molecule is CCC(CCNC(=O)N(CC(C)C)C(C)C)CCC(=O)O. The van der Waals surface area contributed by atoms with Crippen molar-refractivity contribution in [3.63, 3.8) is 0 Å². The number of carboxylic acid groups (broad SMARTS) is 1. The molecule has 124 valence electrons. The Morgan fingerprint density at radius 2 is 1.76 bits per heavy atom. The highest BCUT2D eigenvalue weighted by Gasteiger charge is 2.18. The molecule has 0 aliphatic rings. The monoisotopic (exact) mass is 300 g/mol. The molecule has 0 aliphatic carbocycles. The first-order valence-electron chi connectivity index (χ1n) is 8.04. The number of hydrogen-bond acceptors (Lipinski definition) is 2. The maximum absolute atomic E-state index is 12.2. The van der Waals surface area contributed by atoms with Gasteiger partial charge in [-0.25, -0.2) is 4.79 Å². The lowest BCUT2D eigenvalue weighted by Crippen LogP contribution is -2.46. The van der Waals surface area contributed by atoms with Crippen LogP contribution in [0.25, 0.3) is 0 Å². The normalized spacial score (nSPS) is 12.5. The van der Waals surface area contributed by atoms with Gasteiger partial charge in [0.2, 0.25) is 0 Å². The number of carbonyl (C=O) groups excluding carboxylic acids is 1. The van der Waals surface area contributed by atoms with Crippen LogP contribution in [-0.4, -0.2) is 41.1 Å². The molecule has 21 heavy (non-hydrogen) atoms. The van der Waals surface area contributed by atoms with E-state index in [1.54, 1.807) is 0 Å². The van der Waals surface area contributed by atoms with E-state index < -0.39 is 5.97 Å². The topological polar surface area (TPSA) is 69.6 Å². The molecule has 0 bridgehead atoms. The Kier molecular flexibility index (Phi) is 9.84. The highest BCUT2D eigenvalue weighted by atomic mass is 16.4. The molecule has 0 aromatic carbocycles. The van der Waals surface area contributed by atoms with Crippen LogP contribution >= 0.6 is 0 Å². The van der Waals surface area contributed by atoms with E-state index in [4.69, 9.17) is 5.11 Å². The van der Waals surface area contributed by atoms with Crippen LogP contribution in [0.2, 0.25) is 0 Å². The molecule has 0 aliphatic heterocycles. The molecule has 0 saturated heterocycles. The maximum atomic E-state index is 12.2. The largest absolute Gasteiger partial charge is 0.481 e. The highest BCUT2D eigenvalue weighted by Crippen LogP contribution is 2.14. The number of aliphatic carboxylic acids is 1. The third-order valence-corrected chi connectivity index (χ3v) is 3.62. The van der Waals surface area contributed by atoms with E-state index in [1.807, 2.05) is 18.7 Å². The summed E-state index contributed by atoms with van der Waals surface area (Å²) in [7, 11) is 0. The van der Waals surface area contributed by atoms with Crippen LogP contribution in [0.3, 0.4) is 0 Å². The lowest BCUT2D eigenvalue weighted by molar-refractivity contribution is -0.137. The fourth-order valence-corrected chi connectivity index (χ4v) is 2.29. The van der Waals surface area contributed by atoms with E-state index in [1.165, 1.54) is 0 Å². The van der Waals surface area contributed by atoms with Gasteiger partial charge in [0.15, 0.2) is 0 Å². The summed E-state index contributed by atoms with van der Waals surface area (Å²) in [5, 5.41) is 11.7. The molecule has 2 amide bonds. The number of urea groups is 1. The average Bonchev–Trinajstić information content (AvgIpc) is 2.38. The third kappa shape index (κ3) is 9.32. The zero-order valence-corrected chi connectivity index (χ0v) is 14.2. The van der Waals surface area contributed by atoms with Crippen molar-refractivity contribution in [1.82, 2.24) is 10.2 Å². The molecule has 5 heteroatoms. The van der Waals surface area contributed by atoms with E-state index in [9.17, 15) is 9.59 Å². The average molecular weight is 300 g/mol. The number of nitrogens with zero attached hydrogens (tertiary/aromatic N) is 1. The van der Waals surface area contributed by atoms with E-state index in [2.05, 4.69) is 26.1 Å². The minimum atomic E-state index is -0.750. The summed E-state index contributed by atoms with van der Waals surface area (Å²) in [4.78, 5) is 24.6. The van der Waals surface area contributed by atoms with Gasteiger partial charge in [-0.3, -0.25) is 4.79 Å². The Morgan fingerprint density at radius 3 is 2.19 bits per heavy atom. The fraction of sp³-hybridized carbons (Fsp3) is 0.875. The Balaban J connectivity index is 4.17. The smallest absolute Gasteiger partial charge is 0.317 e. The highest BCUT2D eigenvalue weighted by molar-refractivity contribution is 5.74. The molecule has 0 fully saturated rings. The molecule has 2 N–H and O–H groups in total. The molecular weight excluding hydrogens is 268 g/mol. The number of nitrogens with one attached hydrogen (secondary N) is 1. The van der Waals surface area contributed by atoms with Gasteiger partial charge in [-0.15, -0.1) is 0 Å². The minimum Gasteiger partial charge on any atom is -0.481 e. The zero-order valence-electron chi connectivity index (χ0n) is 14.2. The zero-order chi connectivity index (χ0) is 16.4. The molecule has 0 rings (SSSR count). The van der Waals surface area contributed by atoms with Crippen molar-refractivity contribution in [2.75, 3.05) is 13.1 Å². The van der Waals surface area contributed by atoms with Crippen molar-refractivity contribution in [2.45, 2.75) is 66.3 Å². The molecule has 0 heterocycles. The first-order valence-corrected chi connectivity index (χ1v) is 8.04. The Bertz CT molecular complexity index is 317. The molecular formula is C16H32N2O3. The van der Waals surface area contributed by atoms with Crippen LogP contribution in [0.1, 0.15) is 60.3 Å². The van der Waals surface area contributed by atoms with E-state index in [0.717, 1.165) is 19.4 Å². The molecule has 0 aromatic heterocycles. The second-order valence-electron chi connectivity index (χ2n) is 6.37. The van der Waals surface area contributed by atoms with Crippen molar-refractivity contribution in [3.8, 4) is 0 Å². The summed E-state index contributed by atoms with van der Waals surface area (Å²) in [6, 6.07) is 0.160. The summed E-state index contributed by atoms with van der Waals surface area (Å²) in [5.41, 5.74) is 0. The molecule has 0 radical (unpaired) electrons. The van der Waals surface area contributed by atoms with Crippen LogP contribution < -0.4 is 5.32 Å². The van der Waals surface area contributed by atoms with Gasteiger partial charge >= 0.3 is 12.0 Å². The van der Waals surface area contributed by atoms with Gasteiger partial charge in [-0.05, 0) is 38.5 Å². The van der Waals surface area contributed by atoms with Crippen molar-refractivity contribution >= 4 is 12.0 Å². The maximum Gasteiger partial charge on any atom is 0.317 e. The third-order valence-electron chi connectivity index (χ3n) is 3.62. The van der Waals surface area contributed by atoms with Crippen LogP contribution in [0, 0.1) is 11.8 Å². The van der Waals surface area contributed by atoms with E-state index >= 15 is 0 Å². The number of amides is 2. The number of carboxylic acids is 1. The van der Waals surface area contributed by atoms with Gasteiger partial charge in [0, 0.05) is 25.6 Å². The summed E-state index contributed by atoms with van der Waals surface area (Å²) in [6.07, 6.45) is 2.67. The number of carbonyl (C=O) groups is 2. The molecule has 1 atom stereocenters. The van der Waals surface area contributed by atoms with Gasteiger partial charge in [0.1, 0.15) is 0 Å². The van der Waals surface area contributed by atoms with E-state index in [0.29, 0.717) is 24.8 Å². The first kappa shape index (κ1) is 19.7. The predicted octanol–water partition coefficient (Wildman–Crippen LogP) is 3.34. The quantitative estimate of drug-likeness (QED) is 0.650. The summed E-state index contributed by atoms with van der Waals surface area (Å²) >= 11 is 0. The van der Waals surface area contributed by atoms with Crippen LogP contribution in [0.5, 0.6) is 0 Å². The number of rotatable bonds is 10. The standard InChI is InChI=1S/C16H32N2O3/c1-6-14(7-8-15(19)20)9-10-17-16(21)18(13(4)5)11-12(2)3/h12-14H,6-11H2,1-5H3,(H,17,21)(H,19,20). The predicted molar refractivity (Wildman–Crippen MR) is 85.3 cm³/mol. The van der Waals surface area contributed by atoms with Crippen LogP contribution in [-0.2, 0) is 4.79 Å². The van der Waals surface area contributed by atoms with Crippen LogP contribution in [0.4, 0.5) is 4.79 Å². The van der Waals surface area contributed by atoms with Gasteiger partial charge < -0.3 is 15.3 Å². The molecule has 0 aromatic rings. The van der Waals surface area contributed by atoms with Crippen molar-refractivity contribution < 1.29 is 14.7 Å². The fourth-order valence-electron chi connectivity index (χ4n) is 2.29. The lowest BCUT2D eigenvalue weighted by atomic mass is 9.97. The minimum absolute atomic E-state index is 0.0215. The second-order valence-corrected chi connectivity index (χ2v) is 6.37.